The van der Waals surface area contributed by atoms with Crippen molar-refractivity contribution in [3.05, 3.63) is 58.9 Å². The normalized spacial score (nSPS) is 10.5. The summed E-state index contributed by atoms with van der Waals surface area (Å²) in [4.78, 5) is 12.3. The average Bonchev–Trinajstić information content (AvgIpc) is 3.09. The summed E-state index contributed by atoms with van der Waals surface area (Å²) in [6, 6.07) is 12.3. The number of methoxy groups -OCH3 is 1. The van der Waals surface area contributed by atoms with Crippen LogP contribution in [0.15, 0.2) is 46.9 Å². The monoisotopic (exact) mass is 343 g/mol. The first kappa shape index (κ1) is 16.0. The van der Waals surface area contributed by atoms with Crippen LogP contribution in [0.2, 0.25) is 5.02 Å². The average molecular weight is 344 g/mol. The molecule has 3 aromatic rings. The number of anilines is 1. The number of benzene rings is 2. The lowest BCUT2D eigenvalue weighted by atomic mass is 10.2. The van der Waals surface area contributed by atoms with E-state index >= 15 is 0 Å². The molecule has 0 saturated carbocycles. The van der Waals surface area contributed by atoms with Gasteiger partial charge in [0, 0.05) is 16.3 Å². The molecule has 0 bridgehead atoms. The van der Waals surface area contributed by atoms with Crippen molar-refractivity contribution in [1.82, 2.24) is 10.2 Å². The summed E-state index contributed by atoms with van der Waals surface area (Å²) >= 11 is 6.04. The van der Waals surface area contributed by atoms with Crippen LogP contribution in [0.4, 0.5) is 5.69 Å². The van der Waals surface area contributed by atoms with E-state index in [-0.39, 0.29) is 11.8 Å². The fourth-order valence-electron chi connectivity index (χ4n) is 2.08. The molecule has 0 unspecified atom stereocenters. The molecule has 0 aliphatic heterocycles. The summed E-state index contributed by atoms with van der Waals surface area (Å²) in [5, 5.41) is 11.0. The number of carbonyl (C=O) groups excluding carboxylic acids is 1. The van der Waals surface area contributed by atoms with E-state index in [0.717, 1.165) is 5.56 Å². The number of amides is 1. The van der Waals surface area contributed by atoms with Crippen LogP contribution in [0.5, 0.6) is 5.75 Å². The zero-order valence-electron chi connectivity index (χ0n) is 13.0. The topological polar surface area (TPSA) is 77.2 Å². The minimum absolute atomic E-state index is 0.125. The van der Waals surface area contributed by atoms with E-state index in [1.54, 1.807) is 49.6 Å². The smallest absolute Gasteiger partial charge is 0.313 e. The lowest BCUT2D eigenvalue weighted by Gasteiger charge is -2.07. The maximum absolute atomic E-state index is 12.3. The molecule has 0 atom stereocenters. The molecule has 1 heterocycles. The molecular formula is C17H14ClN3O3. The van der Waals surface area contributed by atoms with Gasteiger partial charge < -0.3 is 14.5 Å². The van der Waals surface area contributed by atoms with Gasteiger partial charge in [0.15, 0.2) is 0 Å². The standard InChI is InChI=1S/C17H14ClN3O3/c1-10-13(18)4-3-5-14(10)19-15(22)17-21-20-16(24-17)11-6-8-12(23-2)9-7-11/h3-9H,1-2H3,(H,19,22). The van der Waals surface area contributed by atoms with E-state index < -0.39 is 5.91 Å². The number of rotatable bonds is 4. The number of ether oxygens (including phenoxy) is 1. The lowest BCUT2D eigenvalue weighted by molar-refractivity contribution is 0.0990. The number of hydrogen-bond acceptors (Lipinski definition) is 5. The highest BCUT2D eigenvalue weighted by Crippen LogP contribution is 2.24. The molecule has 3 rings (SSSR count). The highest BCUT2D eigenvalue weighted by atomic mass is 35.5. The number of hydrogen-bond donors (Lipinski definition) is 1. The third-order valence-corrected chi connectivity index (χ3v) is 3.88. The van der Waals surface area contributed by atoms with Crippen molar-refractivity contribution >= 4 is 23.2 Å². The number of nitrogens with one attached hydrogen (secondary N) is 1. The molecular weight excluding hydrogens is 330 g/mol. The van der Waals surface area contributed by atoms with Crippen molar-refractivity contribution in [3.8, 4) is 17.2 Å². The summed E-state index contributed by atoms with van der Waals surface area (Å²) in [5.74, 6) is 0.353. The van der Waals surface area contributed by atoms with Crippen LogP contribution in [0.3, 0.4) is 0 Å². The van der Waals surface area contributed by atoms with Crippen LogP contribution in [-0.4, -0.2) is 23.2 Å². The van der Waals surface area contributed by atoms with E-state index in [4.69, 9.17) is 20.8 Å². The first-order valence-electron chi connectivity index (χ1n) is 7.13. The predicted octanol–water partition coefficient (Wildman–Crippen LogP) is 3.96. The molecule has 1 aromatic heterocycles. The van der Waals surface area contributed by atoms with Gasteiger partial charge in [0.25, 0.3) is 0 Å². The van der Waals surface area contributed by atoms with Crippen molar-refractivity contribution < 1.29 is 13.9 Å². The van der Waals surface area contributed by atoms with Crippen LogP contribution >= 0.6 is 11.6 Å². The summed E-state index contributed by atoms with van der Waals surface area (Å²) in [6.07, 6.45) is 0. The molecule has 0 fully saturated rings. The van der Waals surface area contributed by atoms with Gasteiger partial charge in [-0.2, -0.15) is 0 Å². The molecule has 24 heavy (non-hydrogen) atoms. The molecule has 122 valence electrons. The molecule has 1 amide bonds. The second-order valence-corrected chi connectivity index (χ2v) is 5.41. The zero-order valence-corrected chi connectivity index (χ0v) is 13.8. The Balaban J connectivity index is 1.79. The van der Waals surface area contributed by atoms with Gasteiger partial charge in [-0.15, -0.1) is 10.2 Å². The van der Waals surface area contributed by atoms with Crippen LogP contribution in [0.25, 0.3) is 11.5 Å². The molecule has 2 aromatic carbocycles. The highest BCUT2D eigenvalue weighted by molar-refractivity contribution is 6.31. The Bertz CT molecular complexity index is 875. The Labute approximate surface area is 143 Å². The maximum atomic E-state index is 12.3. The maximum Gasteiger partial charge on any atom is 0.313 e. The summed E-state index contributed by atoms with van der Waals surface area (Å²) in [7, 11) is 1.59. The van der Waals surface area contributed by atoms with E-state index in [1.165, 1.54) is 0 Å². The predicted molar refractivity (Wildman–Crippen MR) is 90.4 cm³/mol. The van der Waals surface area contributed by atoms with Crippen molar-refractivity contribution in [1.29, 1.82) is 0 Å². The van der Waals surface area contributed by atoms with Gasteiger partial charge in [-0.25, -0.2) is 0 Å². The van der Waals surface area contributed by atoms with Gasteiger partial charge >= 0.3 is 11.8 Å². The van der Waals surface area contributed by atoms with Gasteiger partial charge in [-0.1, -0.05) is 17.7 Å². The lowest BCUT2D eigenvalue weighted by Crippen LogP contribution is -2.13. The largest absolute Gasteiger partial charge is 0.497 e. The minimum atomic E-state index is -0.493. The van der Waals surface area contributed by atoms with Crippen LogP contribution < -0.4 is 10.1 Å². The van der Waals surface area contributed by atoms with Crippen molar-refractivity contribution in [2.45, 2.75) is 6.92 Å². The first-order chi connectivity index (χ1) is 11.6. The van der Waals surface area contributed by atoms with Gasteiger partial charge in [0.1, 0.15) is 5.75 Å². The van der Waals surface area contributed by atoms with Gasteiger partial charge in [-0.05, 0) is 48.9 Å². The fourth-order valence-corrected chi connectivity index (χ4v) is 2.26. The number of nitrogens with zero attached hydrogens (tertiary/aromatic N) is 2. The zero-order chi connectivity index (χ0) is 17.1. The summed E-state index contributed by atoms with van der Waals surface area (Å²) in [5.41, 5.74) is 2.06. The second-order valence-electron chi connectivity index (χ2n) is 5.01. The Hall–Kier alpha value is -2.86. The van der Waals surface area contributed by atoms with Gasteiger partial charge in [0.2, 0.25) is 5.89 Å². The second kappa shape index (κ2) is 6.72. The van der Waals surface area contributed by atoms with Crippen molar-refractivity contribution in [2.75, 3.05) is 12.4 Å². The third kappa shape index (κ3) is 3.23. The fraction of sp³-hybridized carbons (Fsp3) is 0.118. The van der Waals surface area contributed by atoms with E-state index in [1.807, 2.05) is 6.92 Å². The molecule has 0 aliphatic rings. The van der Waals surface area contributed by atoms with E-state index in [2.05, 4.69) is 15.5 Å². The summed E-state index contributed by atoms with van der Waals surface area (Å²) < 4.78 is 10.5. The molecule has 6 nitrogen and oxygen atoms in total. The van der Waals surface area contributed by atoms with Crippen LogP contribution in [0.1, 0.15) is 16.2 Å². The molecule has 1 N–H and O–H groups in total. The Kier molecular flexibility index (Phi) is 4.48. The highest BCUT2D eigenvalue weighted by Gasteiger charge is 2.17. The van der Waals surface area contributed by atoms with Gasteiger partial charge in [-0.3, -0.25) is 4.79 Å². The molecule has 0 spiro atoms. The van der Waals surface area contributed by atoms with E-state index in [9.17, 15) is 4.79 Å². The van der Waals surface area contributed by atoms with Crippen molar-refractivity contribution in [2.24, 2.45) is 0 Å². The minimum Gasteiger partial charge on any atom is -0.497 e. The van der Waals surface area contributed by atoms with E-state index in [0.29, 0.717) is 22.0 Å². The SMILES string of the molecule is COc1ccc(-c2nnc(C(=O)Nc3cccc(Cl)c3C)o2)cc1. The molecule has 0 aliphatic carbocycles. The molecule has 0 radical (unpaired) electrons. The Morgan fingerprint density at radius 2 is 1.92 bits per heavy atom. The number of halogens is 1. The third-order valence-electron chi connectivity index (χ3n) is 3.47. The molecule has 7 heteroatoms. The van der Waals surface area contributed by atoms with Crippen LogP contribution in [0, 0.1) is 6.92 Å². The first-order valence-corrected chi connectivity index (χ1v) is 7.50. The van der Waals surface area contributed by atoms with Crippen molar-refractivity contribution in [3.63, 3.8) is 0 Å². The number of carbonyl (C=O) groups is 1. The van der Waals surface area contributed by atoms with Gasteiger partial charge in [0.05, 0.1) is 7.11 Å². The Morgan fingerprint density at radius 3 is 2.62 bits per heavy atom. The Morgan fingerprint density at radius 1 is 1.17 bits per heavy atom. The quantitative estimate of drug-likeness (QED) is 0.775. The summed E-state index contributed by atoms with van der Waals surface area (Å²) in [6.45, 7) is 1.81. The molecule has 0 saturated heterocycles. The number of aromatic nitrogens is 2. The van der Waals surface area contributed by atoms with Crippen LogP contribution in [-0.2, 0) is 0 Å².